The molecule has 3 rings (SSSR count). The van der Waals surface area contributed by atoms with Crippen molar-refractivity contribution in [3.05, 3.63) is 54.6 Å². The molecule has 145 valence electrons. The number of rotatable bonds is 1. The maximum Gasteiger partial charge on any atom is 0.495 e. The molecule has 0 aliphatic carbocycles. The van der Waals surface area contributed by atoms with Crippen LogP contribution in [0.1, 0.15) is 0 Å². The normalized spacial score (nSPS) is 8.79. The molecule has 3 aromatic carbocycles. The lowest BCUT2D eigenvalue weighted by Crippen LogP contribution is -1.84. The molecule has 0 bridgehead atoms. The monoisotopic (exact) mass is 543 g/mol. The van der Waals surface area contributed by atoms with Crippen LogP contribution in [-0.4, -0.2) is 55.4 Å². The van der Waals surface area contributed by atoms with E-state index in [2.05, 4.69) is 0 Å². The number of phenolic OH excluding ortho intramolecular Hbond substituents is 3. The molecule has 12 heteroatoms. The highest BCUT2D eigenvalue weighted by Crippen LogP contribution is 2.41. The lowest BCUT2D eigenvalue weighted by atomic mass is 9.96. The molecule has 3 aromatic rings. The number of phenols is 3. The van der Waals surface area contributed by atoms with E-state index in [0.717, 1.165) is 10.8 Å². The van der Waals surface area contributed by atoms with E-state index in [9.17, 15) is 15.3 Å². The highest BCUT2D eigenvalue weighted by atomic mass is 35.7. The molecule has 0 saturated heterocycles. The summed E-state index contributed by atoms with van der Waals surface area (Å²) in [6.07, 6.45) is 0. The van der Waals surface area contributed by atoms with Gasteiger partial charge in [-0.1, -0.05) is 30.3 Å². The van der Waals surface area contributed by atoms with E-state index in [0.29, 0.717) is 11.1 Å². The van der Waals surface area contributed by atoms with E-state index in [1.165, 1.54) is 18.2 Å². The Hall–Kier alpha value is 0.657. The zero-order valence-corrected chi connectivity index (χ0v) is 22.0. The molecule has 0 amide bonds. The summed E-state index contributed by atoms with van der Waals surface area (Å²) >= 11 is -0.917. The van der Waals surface area contributed by atoms with Gasteiger partial charge < -0.3 is 15.3 Å². The lowest BCUT2D eigenvalue weighted by molar-refractivity contribution is 0.459. The van der Waals surface area contributed by atoms with Crippen molar-refractivity contribution < 1.29 is 15.3 Å². The number of hydrogen-bond donors (Lipinski definition) is 3. The van der Waals surface area contributed by atoms with Gasteiger partial charge in [0.05, 0.1) is 0 Å². The Morgan fingerprint density at radius 2 is 1.11 bits per heavy atom. The van der Waals surface area contributed by atoms with Crippen molar-refractivity contribution in [2.45, 2.75) is 0 Å². The van der Waals surface area contributed by atoms with E-state index in [4.69, 9.17) is 60.3 Å². The molecule has 28 heavy (non-hydrogen) atoms. The van der Waals surface area contributed by atoms with Crippen LogP contribution in [0.15, 0.2) is 54.6 Å². The Balaban J connectivity index is 0.000000695. The number of hydrogen-bond acceptors (Lipinski definition) is 3. The SMILES string of the molecule is Oc1ccc(O)c(-c2c(O)ccc3ccccc23)c1.[Cl][Al][Cl].[Cl][Al][Cl].[Cl][Al][Cl]. The first-order chi connectivity index (χ1) is 13.4. The van der Waals surface area contributed by atoms with Gasteiger partial charge in [-0.25, -0.2) is 60.3 Å². The van der Waals surface area contributed by atoms with Crippen LogP contribution in [0.5, 0.6) is 17.2 Å². The highest BCUT2D eigenvalue weighted by Gasteiger charge is 2.13. The van der Waals surface area contributed by atoms with Gasteiger partial charge in [0.2, 0.25) is 0 Å². The van der Waals surface area contributed by atoms with Crippen LogP contribution in [0.2, 0.25) is 0 Å². The van der Waals surface area contributed by atoms with Crippen LogP contribution in [0.3, 0.4) is 0 Å². The summed E-state index contributed by atoms with van der Waals surface area (Å²) < 4.78 is 0. The van der Waals surface area contributed by atoms with Gasteiger partial charge >= 0.3 is 40.1 Å². The standard InChI is InChI=1S/C16H12O3.3Al.6ClH/c17-11-6-8-14(18)13(9-11)16-12-4-2-1-3-10(12)5-7-15(16)19;;;;;;;;;/h1-9,17-19H;;;;6*1H/q;3*+2;;;;;;/p-6. The predicted molar refractivity (Wildman–Crippen MR) is 127 cm³/mol. The second-order valence-electron chi connectivity index (χ2n) is 4.63. The third kappa shape index (κ3) is 10.1. The van der Waals surface area contributed by atoms with Gasteiger partial charge in [-0.15, -0.1) is 0 Å². The second kappa shape index (κ2) is 17.3. The summed E-state index contributed by atoms with van der Waals surface area (Å²) in [4.78, 5) is 0. The molecular formula is C16H12Al3Cl6O3. The van der Waals surface area contributed by atoms with Crippen molar-refractivity contribution in [1.82, 2.24) is 0 Å². The number of halogens is 6. The molecule has 0 saturated carbocycles. The molecule has 3 N–H and O–H groups in total. The van der Waals surface area contributed by atoms with Gasteiger partial charge in [-0.2, -0.15) is 0 Å². The Kier molecular flexibility index (Phi) is 17.8. The summed E-state index contributed by atoms with van der Waals surface area (Å²) in [6, 6.07) is 15.2. The number of benzene rings is 3. The third-order valence-electron chi connectivity index (χ3n) is 3.16. The van der Waals surface area contributed by atoms with Crippen molar-refractivity contribution in [2.75, 3.05) is 0 Å². The van der Waals surface area contributed by atoms with E-state index in [-0.39, 0.29) is 57.4 Å². The van der Waals surface area contributed by atoms with Crippen molar-refractivity contribution in [1.29, 1.82) is 0 Å². The molecule has 0 atom stereocenters. The van der Waals surface area contributed by atoms with Crippen LogP contribution in [0, 0.1) is 0 Å². The minimum absolute atomic E-state index is 0.0180. The average molecular weight is 546 g/mol. The first-order valence-corrected chi connectivity index (χ1v) is 17.7. The Morgan fingerprint density at radius 1 is 0.607 bits per heavy atom. The summed E-state index contributed by atoms with van der Waals surface area (Å²) in [7, 11) is 29.1. The molecule has 3 nitrogen and oxygen atoms in total. The van der Waals surface area contributed by atoms with Crippen LogP contribution >= 0.6 is 60.3 Å². The molecule has 0 aromatic heterocycles. The van der Waals surface area contributed by atoms with Crippen molar-refractivity contribution in [2.24, 2.45) is 0 Å². The average Bonchev–Trinajstić information content (AvgIpc) is 2.66. The molecule has 0 fully saturated rings. The smallest absolute Gasteiger partial charge is 0.495 e. The summed E-state index contributed by atoms with van der Waals surface area (Å²) in [5.74, 6) is 0.129. The van der Waals surface area contributed by atoms with E-state index >= 15 is 0 Å². The summed E-state index contributed by atoms with van der Waals surface area (Å²) in [5.41, 5.74) is 0.931. The molecule has 0 aliphatic rings. The zero-order valence-electron chi connectivity index (χ0n) is 14.0. The fourth-order valence-corrected chi connectivity index (χ4v) is 2.27. The van der Waals surface area contributed by atoms with Crippen LogP contribution < -0.4 is 0 Å². The molecule has 0 unspecified atom stereocenters. The molecule has 0 spiro atoms. The minimum atomic E-state index is -0.306. The molecule has 0 heterocycles. The fraction of sp³-hybridized carbons (Fsp3) is 0. The number of aromatic hydroxyl groups is 3. The van der Waals surface area contributed by atoms with Crippen LogP contribution in [-0.2, 0) is 0 Å². The van der Waals surface area contributed by atoms with Crippen molar-refractivity contribution in [3.8, 4) is 28.4 Å². The maximum absolute atomic E-state index is 10.1. The van der Waals surface area contributed by atoms with Gasteiger partial charge in [0.25, 0.3) is 0 Å². The van der Waals surface area contributed by atoms with Gasteiger partial charge in [0, 0.05) is 11.1 Å². The summed E-state index contributed by atoms with van der Waals surface area (Å²) in [5, 5.41) is 31.4. The van der Waals surface area contributed by atoms with Crippen molar-refractivity contribution >= 4 is 111 Å². The maximum atomic E-state index is 10.1. The molecule has 3 radical (unpaired) electrons. The van der Waals surface area contributed by atoms with E-state index in [1.807, 2.05) is 30.3 Å². The van der Waals surface area contributed by atoms with Gasteiger partial charge in [0.15, 0.2) is 0 Å². The fourth-order valence-electron chi connectivity index (χ4n) is 2.27. The Morgan fingerprint density at radius 3 is 1.68 bits per heavy atom. The van der Waals surface area contributed by atoms with Gasteiger partial charge in [-0.05, 0) is 35.0 Å². The van der Waals surface area contributed by atoms with Crippen LogP contribution in [0.4, 0.5) is 0 Å². The third-order valence-corrected chi connectivity index (χ3v) is 3.16. The van der Waals surface area contributed by atoms with Gasteiger partial charge in [-0.3, -0.25) is 0 Å². The molecular weight excluding hydrogens is 534 g/mol. The lowest BCUT2D eigenvalue weighted by Gasteiger charge is -2.11. The quantitative estimate of drug-likeness (QED) is 0.238. The van der Waals surface area contributed by atoms with E-state index < -0.39 is 0 Å². The topological polar surface area (TPSA) is 60.7 Å². The first kappa shape index (κ1) is 28.7. The largest absolute Gasteiger partial charge is 0.508 e. The first-order valence-electron chi connectivity index (χ1n) is 7.21. The highest BCUT2D eigenvalue weighted by molar-refractivity contribution is 7.23. The zero-order chi connectivity index (χ0) is 21.5. The van der Waals surface area contributed by atoms with E-state index in [1.54, 1.807) is 6.07 Å². The van der Waals surface area contributed by atoms with Crippen molar-refractivity contribution in [3.63, 3.8) is 0 Å². The second-order valence-corrected chi connectivity index (χ2v) is 11.1. The Labute approximate surface area is 207 Å². The number of fused-ring (bicyclic) bond motifs is 1. The predicted octanol–water partition coefficient (Wildman–Crippen LogP) is 6.62. The minimum Gasteiger partial charge on any atom is -0.508 e. The Bertz CT molecular complexity index is 837. The van der Waals surface area contributed by atoms with Gasteiger partial charge in [0.1, 0.15) is 17.2 Å². The van der Waals surface area contributed by atoms with Crippen LogP contribution in [0.25, 0.3) is 21.9 Å². The summed E-state index contributed by atoms with van der Waals surface area (Å²) in [6.45, 7) is 0. The molecule has 0 aliphatic heterocycles.